The van der Waals surface area contributed by atoms with Gasteiger partial charge in [-0.25, -0.2) is 14.3 Å². The summed E-state index contributed by atoms with van der Waals surface area (Å²) >= 11 is 0. The molecule has 3 aromatic rings. The summed E-state index contributed by atoms with van der Waals surface area (Å²) in [5.74, 6) is -1.44. The maximum absolute atomic E-state index is 12.7. The number of nitrogens with one attached hydrogen (secondary N) is 2. The van der Waals surface area contributed by atoms with Gasteiger partial charge in [-0.3, -0.25) is 10.1 Å². The average molecular weight is 406 g/mol. The summed E-state index contributed by atoms with van der Waals surface area (Å²) in [6, 6.07) is 19.5. The summed E-state index contributed by atoms with van der Waals surface area (Å²) in [5, 5.41) is 9.15. The second-order valence-electron chi connectivity index (χ2n) is 6.41. The van der Waals surface area contributed by atoms with Crippen molar-refractivity contribution in [3.8, 4) is 16.9 Å². The van der Waals surface area contributed by atoms with Crippen LogP contribution in [0.2, 0.25) is 0 Å². The lowest BCUT2D eigenvalue weighted by molar-refractivity contribution is -0.123. The van der Waals surface area contributed by atoms with E-state index in [1.165, 1.54) is 4.68 Å². The highest BCUT2D eigenvalue weighted by Crippen LogP contribution is 2.22. The van der Waals surface area contributed by atoms with E-state index in [0.717, 1.165) is 12.0 Å². The normalized spacial score (nSPS) is 10.3. The van der Waals surface area contributed by atoms with Crippen LogP contribution in [-0.2, 0) is 9.53 Å². The lowest BCUT2D eigenvalue weighted by atomic mass is 10.1. The molecule has 0 bridgehead atoms. The van der Waals surface area contributed by atoms with Crippen LogP contribution in [-0.4, -0.2) is 40.8 Å². The van der Waals surface area contributed by atoms with Gasteiger partial charge in [-0.15, -0.1) is 0 Å². The number of nitrogens with zero attached hydrogens (tertiary/aromatic N) is 2. The minimum absolute atomic E-state index is 0.170. The molecule has 0 saturated heterocycles. The molecule has 3 rings (SSSR count). The van der Waals surface area contributed by atoms with Crippen LogP contribution in [0.3, 0.4) is 0 Å². The van der Waals surface area contributed by atoms with Gasteiger partial charge < -0.3 is 10.1 Å². The van der Waals surface area contributed by atoms with E-state index >= 15 is 0 Å². The highest BCUT2D eigenvalue weighted by atomic mass is 16.5. The van der Waals surface area contributed by atoms with Gasteiger partial charge in [0.25, 0.3) is 5.91 Å². The lowest BCUT2D eigenvalue weighted by Crippen LogP contribution is -2.41. The number of hydrogen-bond donors (Lipinski definition) is 2. The van der Waals surface area contributed by atoms with Gasteiger partial charge in [0.05, 0.1) is 11.4 Å². The van der Waals surface area contributed by atoms with E-state index in [1.807, 2.05) is 67.6 Å². The van der Waals surface area contributed by atoms with Gasteiger partial charge in [0.15, 0.2) is 12.3 Å². The van der Waals surface area contributed by atoms with Crippen LogP contribution in [0, 0.1) is 0 Å². The Hall–Kier alpha value is -3.94. The molecule has 0 radical (unpaired) electrons. The number of ether oxygens (including phenoxy) is 1. The molecule has 2 aromatic carbocycles. The molecule has 1 heterocycles. The zero-order chi connectivity index (χ0) is 21.3. The van der Waals surface area contributed by atoms with Crippen LogP contribution in [0.4, 0.5) is 4.79 Å². The Morgan fingerprint density at radius 1 is 1.00 bits per heavy atom. The fraction of sp³-hybridized carbons (Fsp3) is 0.182. The fourth-order valence-corrected chi connectivity index (χ4v) is 2.69. The molecular formula is C22H22N4O4. The molecule has 0 spiro atoms. The van der Waals surface area contributed by atoms with Crippen molar-refractivity contribution in [2.75, 3.05) is 13.2 Å². The Labute approximate surface area is 173 Å². The SMILES string of the molecule is CCCNC(=O)NC(=O)COC(=O)c1cc(-c2ccccc2)nn1-c1ccccc1. The standard InChI is InChI=1S/C22H22N4O4/c1-2-13-23-22(29)24-20(27)15-30-21(28)19-14-18(16-9-5-3-6-10-16)25-26(19)17-11-7-4-8-12-17/h3-12,14H,2,13,15H2,1H3,(H2,23,24,27,29). The van der Waals surface area contributed by atoms with E-state index < -0.39 is 24.5 Å². The zero-order valence-electron chi connectivity index (χ0n) is 16.5. The number of benzene rings is 2. The lowest BCUT2D eigenvalue weighted by Gasteiger charge is -2.08. The van der Waals surface area contributed by atoms with E-state index in [9.17, 15) is 14.4 Å². The fourth-order valence-electron chi connectivity index (χ4n) is 2.69. The third-order valence-corrected chi connectivity index (χ3v) is 4.11. The summed E-state index contributed by atoms with van der Waals surface area (Å²) in [4.78, 5) is 36.1. The van der Waals surface area contributed by atoms with Crippen molar-refractivity contribution in [2.24, 2.45) is 0 Å². The first-order valence-electron chi connectivity index (χ1n) is 9.54. The second-order valence-corrected chi connectivity index (χ2v) is 6.41. The molecule has 1 aromatic heterocycles. The van der Waals surface area contributed by atoms with Gasteiger partial charge in [-0.1, -0.05) is 55.5 Å². The second kappa shape index (κ2) is 10.0. The van der Waals surface area contributed by atoms with Gasteiger partial charge in [-0.05, 0) is 24.6 Å². The Morgan fingerprint density at radius 2 is 1.67 bits per heavy atom. The average Bonchev–Trinajstić information content (AvgIpc) is 3.23. The van der Waals surface area contributed by atoms with Gasteiger partial charge in [-0.2, -0.15) is 5.10 Å². The summed E-state index contributed by atoms with van der Waals surface area (Å²) < 4.78 is 6.58. The molecule has 0 saturated carbocycles. The summed E-state index contributed by atoms with van der Waals surface area (Å²) in [7, 11) is 0. The molecule has 0 aliphatic rings. The molecule has 0 atom stereocenters. The molecule has 0 unspecified atom stereocenters. The molecule has 0 aliphatic carbocycles. The minimum Gasteiger partial charge on any atom is -0.451 e. The summed E-state index contributed by atoms with van der Waals surface area (Å²) in [6.07, 6.45) is 0.740. The number of rotatable bonds is 7. The van der Waals surface area contributed by atoms with Crippen molar-refractivity contribution >= 4 is 17.9 Å². The number of aromatic nitrogens is 2. The first-order chi connectivity index (χ1) is 14.6. The first-order valence-corrected chi connectivity index (χ1v) is 9.54. The predicted molar refractivity (Wildman–Crippen MR) is 111 cm³/mol. The monoisotopic (exact) mass is 406 g/mol. The first kappa shape index (κ1) is 20.8. The molecule has 30 heavy (non-hydrogen) atoms. The Balaban J connectivity index is 1.76. The smallest absolute Gasteiger partial charge is 0.357 e. The molecule has 3 amide bonds. The molecule has 0 aliphatic heterocycles. The van der Waals surface area contributed by atoms with Gasteiger partial charge >= 0.3 is 12.0 Å². The number of esters is 1. The number of hydrogen-bond acceptors (Lipinski definition) is 5. The predicted octanol–water partition coefficient (Wildman–Crippen LogP) is 2.93. The van der Waals surface area contributed by atoms with Crippen molar-refractivity contribution in [1.29, 1.82) is 0 Å². The van der Waals surface area contributed by atoms with Crippen molar-refractivity contribution in [3.05, 3.63) is 72.4 Å². The largest absolute Gasteiger partial charge is 0.451 e. The van der Waals surface area contributed by atoms with Gasteiger partial charge in [0, 0.05) is 12.1 Å². The number of para-hydroxylation sites is 1. The maximum Gasteiger partial charge on any atom is 0.357 e. The van der Waals surface area contributed by atoms with Crippen LogP contribution < -0.4 is 10.6 Å². The Morgan fingerprint density at radius 3 is 2.33 bits per heavy atom. The van der Waals surface area contributed by atoms with Crippen LogP contribution >= 0.6 is 0 Å². The number of carbonyl (C=O) groups excluding carboxylic acids is 3. The highest BCUT2D eigenvalue weighted by Gasteiger charge is 2.20. The minimum atomic E-state index is -0.724. The Kier molecular flexibility index (Phi) is 6.94. The van der Waals surface area contributed by atoms with Crippen LogP contribution in [0.15, 0.2) is 66.7 Å². The third kappa shape index (κ3) is 5.32. The molecular weight excluding hydrogens is 384 g/mol. The van der Waals surface area contributed by atoms with Crippen molar-refractivity contribution in [1.82, 2.24) is 20.4 Å². The summed E-state index contributed by atoms with van der Waals surface area (Å²) in [6.45, 7) is 1.75. The number of amides is 3. The topological polar surface area (TPSA) is 102 Å². The van der Waals surface area contributed by atoms with Gasteiger partial charge in [0.1, 0.15) is 0 Å². The quantitative estimate of drug-likeness (QED) is 0.588. The highest BCUT2D eigenvalue weighted by molar-refractivity contribution is 5.97. The van der Waals surface area contributed by atoms with Crippen molar-refractivity contribution in [2.45, 2.75) is 13.3 Å². The van der Waals surface area contributed by atoms with Crippen LogP contribution in [0.1, 0.15) is 23.8 Å². The molecule has 8 nitrogen and oxygen atoms in total. The van der Waals surface area contributed by atoms with E-state index in [0.29, 0.717) is 17.9 Å². The van der Waals surface area contributed by atoms with E-state index in [4.69, 9.17) is 4.74 Å². The number of carbonyl (C=O) groups is 3. The van der Waals surface area contributed by atoms with Gasteiger partial charge in [0.2, 0.25) is 0 Å². The third-order valence-electron chi connectivity index (χ3n) is 4.11. The van der Waals surface area contributed by atoms with E-state index in [1.54, 1.807) is 6.07 Å². The zero-order valence-corrected chi connectivity index (χ0v) is 16.5. The van der Waals surface area contributed by atoms with E-state index in [-0.39, 0.29) is 5.69 Å². The molecule has 0 fully saturated rings. The van der Waals surface area contributed by atoms with Crippen molar-refractivity contribution in [3.63, 3.8) is 0 Å². The maximum atomic E-state index is 12.7. The molecule has 8 heteroatoms. The summed E-state index contributed by atoms with van der Waals surface area (Å²) in [5.41, 5.74) is 2.28. The Bertz CT molecular complexity index is 1020. The van der Waals surface area contributed by atoms with E-state index in [2.05, 4.69) is 15.7 Å². The van der Waals surface area contributed by atoms with Crippen LogP contribution in [0.5, 0.6) is 0 Å². The van der Waals surface area contributed by atoms with Crippen molar-refractivity contribution < 1.29 is 19.1 Å². The number of imide groups is 1. The molecule has 154 valence electrons. The number of urea groups is 1. The molecule has 2 N–H and O–H groups in total. The van der Waals surface area contributed by atoms with Crippen LogP contribution in [0.25, 0.3) is 16.9 Å².